The van der Waals surface area contributed by atoms with Gasteiger partial charge in [-0.15, -0.1) is 11.8 Å². The molecule has 27 heavy (non-hydrogen) atoms. The molecule has 0 aliphatic carbocycles. The van der Waals surface area contributed by atoms with E-state index in [1.165, 1.54) is 16.0 Å². The van der Waals surface area contributed by atoms with E-state index in [1.807, 2.05) is 24.8 Å². The first-order valence-electron chi connectivity index (χ1n) is 9.89. The predicted octanol–water partition coefficient (Wildman–Crippen LogP) is 0.888. The molecule has 1 aromatic rings. The lowest BCUT2D eigenvalue weighted by Gasteiger charge is -2.33. The number of rotatable bonds is 5. The molecule has 6 nitrogen and oxygen atoms in total. The van der Waals surface area contributed by atoms with Crippen LogP contribution in [-0.2, 0) is 4.79 Å². The van der Waals surface area contributed by atoms with E-state index in [1.54, 1.807) is 11.8 Å². The van der Waals surface area contributed by atoms with Crippen molar-refractivity contribution in [3.63, 3.8) is 0 Å². The van der Waals surface area contributed by atoms with E-state index in [9.17, 15) is 9.59 Å². The third kappa shape index (κ3) is 4.58. The molecule has 0 bridgehead atoms. The molecule has 2 fully saturated rings. The highest BCUT2D eigenvalue weighted by molar-refractivity contribution is 8.01. The molecule has 2 atom stereocenters. The van der Waals surface area contributed by atoms with Gasteiger partial charge in [0.25, 0.3) is 0 Å². The zero-order valence-electron chi connectivity index (χ0n) is 16.5. The van der Waals surface area contributed by atoms with Gasteiger partial charge in [-0.2, -0.15) is 0 Å². The van der Waals surface area contributed by atoms with Crippen molar-refractivity contribution in [2.75, 3.05) is 45.8 Å². The second-order valence-corrected chi connectivity index (χ2v) is 8.77. The van der Waals surface area contributed by atoms with Gasteiger partial charge in [0.1, 0.15) is 5.37 Å². The van der Waals surface area contributed by atoms with Gasteiger partial charge in [-0.25, -0.2) is 4.79 Å². The highest BCUT2D eigenvalue weighted by atomic mass is 32.2. The Morgan fingerprint density at radius 2 is 2.00 bits per heavy atom. The number of nitrogens with zero attached hydrogens (tertiary/aromatic N) is 2. The maximum atomic E-state index is 12.7. The van der Waals surface area contributed by atoms with Crippen molar-refractivity contribution in [1.82, 2.24) is 15.1 Å². The molecule has 1 aromatic carbocycles. The van der Waals surface area contributed by atoms with Crippen LogP contribution >= 0.6 is 11.8 Å². The van der Waals surface area contributed by atoms with Crippen molar-refractivity contribution in [2.24, 2.45) is 0 Å². The molecule has 2 aliphatic heterocycles. The Morgan fingerprint density at radius 1 is 1.30 bits per heavy atom. The van der Waals surface area contributed by atoms with Crippen LogP contribution in [-0.4, -0.2) is 72.8 Å². The van der Waals surface area contributed by atoms with Crippen molar-refractivity contribution in [3.05, 3.63) is 35.4 Å². The number of aryl methyl sites for hydroxylation is 1. The van der Waals surface area contributed by atoms with Crippen LogP contribution < -0.4 is 10.2 Å². The van der Waals surface area contributed by atoms with Crippen LogP contribution in [0.3, 0.4) is 0 Å². The summed E-state index contributed by atoms with van der Waals surface area (Å²) in [4.78, 5) is 30.1. The molecule has 2 heterocycles. The first-order chi connectivity index (χ1) is 13.0. The number of quaternary nitrogens is 1. The van der Waals surface area contributed by atoms with Crippen molar-refractivity contribution < 1.29 is 14.5 Å². The second kappa shape index (κ2) is 8.97. The third-order valence-electron chi connectivity index (χ3n) is 5.49. The van der Waals surface area contributed by atoms with Gasteiger partial charge in [-0.05, 0) is 31.9 Å². The fourth-order valence-electron chi connectivity index (χ4n) is 3.82. The van der Waals surface area contributed by atoms with E-state index in [0.29, 0.717) is 6.54 Å². The van der Waals surface area contributed by atoms with Gasteiger partial charge in [0.05, 0.1) is 44.5 Å². The lowest BCUT2D eigenvalue weighted by molar-refractivity contribution is -0.903. The summed E-state index contributed by atoms with van der Waals surface area (Å²) >= 11 is 1.75. The summed E-state index contributed by atoms with van der Waals surface area (Å²) in [7, 11) is 0. The Bertz CT molecular complexity index is 676. The van der Waals surface area contributed by atoms with Crippen LogP contribution in [0.4, 0.5) is 4.79 Å². The lowest BCUT2D eigenvalue weighted by Crippen LogP contribution is -3.15. The minimum Gasteiger partial charge on any atom is -0.338 e. The Kier molecular flexibility index (Phi) is 6.65. The van der Waals surface area contributed by atoms with Gasteiger partial charge < -0.3 is 20.0 Å². The largest absolute Gasteiger partial charge is 0.338 e. The quantitative estimate of drug-likeness (QED) is 0.784. The minimum atomic E-state index is 0.0131. The Balaban J connectivity index is 1.57. The number of hydrogen-bond donors (Lipinski definition) is 2. The van der Waals surface area contributed by atoms with Crippen LogP contribution in [0.2, 0.25) is 0 Å². The van der Waals surface area contributed by atoms with E-state index in [-0.39, 0.29) is 22.6 Å². The molecule has 2 aliphatic rings. The van der Waals surface area contributed by atoms with E-state index in [4.69, 9.17) is 0 Å². The van der Waals surface area contributed by atoms with Crippen LogP contribution in [0.5, 0.6) is 0 Å². The molecule has 2 saturated heterocycles. The van der Waals surface area contributed by atoms with Crippen molar-refractivity contribution in [3.8, 4) is 0 Å². The molecular formula is C20H31N4O2S+. The fraction of sp³-hybridized carbons (Fsp3) is 0.600. The topological polar surface area (TPSA) is 57.1 Å². The van der Waals surface area contributed by atoms with Crippen LogP contribution in [0, 0.1) is 6.92 Å². The zero-order valence-corrected chi connectivity index (χ0v) is 17.3. The molecule has 0 aromatic heterocycles. The highest BCUT2D eigenvalue weighted by Crippen LogP contribution is 2.43. The van der Waals surface area contributed by atoms with E-state index in [2.05, 4.69) is 35.3 Å². The minimum absolute atomic E-state index is 0.0131. The molecule has 0 unspecified atom stereocenters. The van der Waals surface area contributed by atoms with Crippen LogP contribution in [0.1, 0.15) is 30.3 Å². The number of piperazine rings is 1. The molecule has 7 heteroatoms. The first kappa shape index (κ1) is 20.0. The molecular weight excluding hydrogens is 360 g/mol. The van der Waals surface area contributed by atoms with Crippen molar-refractivity contribution in [2.45, 2.75) is 31.4 Å². The molecule has 3 amide bonds. The fourth-order valence-corrected chi connectivity index (χ4v) is 5.23. The SMILES string of the molecule is CCNC(=O)N1CC[NH+](CCN2C(=O)[C@H](C)S[C@H]2c2ccccc2C)CC1. The highest BCUT2D eigenvalue weighted by Gasteiger charge is 2.39. The summed E-state index contributed by atoms with van der Waals surface area (Å²) < 4.78 is 0. The molecule has 2 N–H and O–H groups in total. The van der Waals surface area contributed by atoms with E-state index < -0.39 is 0 Å². The monoisotopic (exact) mass is 391 g/mol. The molecule has 148 valence electrons. The smallest absolute Gasteiger partial charge is 0.317 e. The average Bonchev–Trinajstić information content (AvgIpc) is 2.95. The zero-order chi connectivity index (χ0) is 19.4. The maximum absolute atomic E-state index is 12.7. The van der Waals surface area contributed by atoms with Gasteiger partial charge in [-0.1, -0.05) is 24.3 Å². The summed E-state index contributed by atoms with van der Waals surface area (Å²) in [6.07, 6.45) is 0. The van der Waals surface area contributed by atoms with Gasteiger partial charge in [-0.3, -0.25) is 4.79 Å². The normalized spacial score (nSPS) is 23.7. The van der Waals surface area contributed by atoms with E-state index >= 15 is 0 Å². The molecule has 3 rings (SSSR count). The third-order valence-corrected chi connectivity index (χ3v) is 6.87. The Morgan fingerprint density at radius 3 is 2.67 bits per heavy atom. The number of benzene rings is 1. The number of nitrogens with one attached hydrogen (secondary N) is 2. The summed E-state index contributed by atoms with van der Waals surface area (Å²) in [6, 6.07) is 8.40. The van der Waals surface area contributed by atoms with Gasteiger partial charge in [0.2, 0.25) is 5.91 Å². The number of carbonyl (C=O) groups excluding carboxylic acids is 2. The summed E-state index contributed by atoms with van der Waals surface area (Å²) in [5.41, 5.74) is 2.49. The Labute approximate surface area is 166 Å². The van der Waals surface area contributed by atoms with Gasteiger partial charge in [0.15, 0.2) is 0 Å². The van der Waals surface area contributed by atoms with Gasteiger partial charge in [0, 0.05) is 6.54 Å². The molecule has 0 spiro atoms. The number of amides is 3. The molecule has 0 saturated carbocycles. The van der Waals surface area contributed by atoms with Crippen LogP contribution in [0.15, 0.2) is 24.3 Å². The second-order valence-electron chi connectivity index (χ2n) is 7.34. The number of carbonyl (C=O) groups is 2. The van der Waals surface area contributed by atoms with Crippen molar-refractivity contribution in [1.29, 1.82) is 0 Å². The number of hydrogen-bond acceptors (Lipinski definition) is 3. The average molecular weight is 392 g/mol. The van der Waals surface area contributed by atoms with Crippen LogP contribution in [0.25, 0.3) is 0 Å². The summed E-state index contributed by atoms with van der Waals surface area (Å²) in [5, 5.41) is 3.00. The first-order valence-corrected chi connectivity index (χ1v) is 10.8. The van der Waals surface area contributed by atoms with E-state index in [0.717, 1.165) is 39.3 Å². The summed E-state index contributed by atoms with van der Waals surface area (Å²) in [5.74, 6) is 0.244. The summed E-state index contributed by atoms with van der Waals surface area (Å²) in [6.45, 7) is 11.9. The van der Waals surface area contributed by atoms with Gasteiger partial charge >= 0.3 is 6.03 Å². The van der Waals surface area contributed by atoms with Crippen molar-refractivity contribution >= 4 is 23.7 Å². The number of urea groups is 1. The Hall–Kier alpha value is -1.73. The molecule has 0 radical (unpaired) electrons. The standard InChI is InChI=1S/C20H30N4O2S/c1-4-21-20(26)23-12-9-22(10-13-23)11-14-24-18(25)16(3)27-19(24)17-8-6-5-7-15(17)2/h5-8,16,19H,4,9-14H2,1-3H3,(H,21,26)/p+1/t16-,19-/m0/s1. The maximum Gasteiger partial charge on any atom is 0.317 e. The lowest BCUT2D eigenvalue weighted by atomic mass is 10.1. The number of thioether (sulfide) groups is 1. The predicted molar refractivity (Wildman–Crippen MR) is 109 cm³/mol.